The van der Waals surface area contributed by atoms with Crippen molar-refractivity contribution >= 4 is 34.6 Å². The van der Waals surface area contributed by atoms with E-state index in [9.17, 15) is 22.8 Å². The first-order valence-electron chi connectivity index (χ1n) is 13.7. The first-order valence-corrected chi connectivity index (χ1v) is 14.7. The third-order valence-electron chi connectivity index (χ3n) is 6.59. The van der Waals surface area contributed by atoms with Crippen molar-refractivity contribution in [1.29, 1.82) is 0 Å². The second-order valence-corrected chi connectivity index (χ2v) is 10.8. The van der Waals surface area contributed by atoms with Crippen LogP contribution in [0.2, 0.25) is 0 Å². The Morgan fingerprint density at radius 3 is 2.68 bits per heavy atom. The number of nitrogens with one attached hydrogen (secondary N) is 1. The zero-order valence-corrected chi connectivity index (χ0v) is 24.6. The van der Waals surface area contributed by atoms with E-state index in [1.165, 1.54) is 53.2 Å². The van der Waals surface area contributed by atoms with Gasteiger partial charge in [-0.25, -0.2) is 19.4 Å². The van der Waals surface area contributed by atoms with Crippen molar-refractivity contribution in [3.8, 4) is 17.3 Å². The Kier molecular flexibility index (Phi) is 9.32. The standard InChI is InChI=1S/C29H28F3N7O4S/c1-3-4-19-6-5-18(2)13-23(19)39-26(40)16-44-28(39)36-27(41)35-20-7-12-25(33-14-20)42-15-24-34-17-38(37-24)21-8-10-22(11-9-21)43-29(30,31)32/h5,7-14,17,19H,3-4,6,15-16H2,1-2H3,(H,35,41). The predicted molar refractivity (Wildman–Crippen MR) is 157 cm³/mol. The monoisotopic (exact) mass is 627 g/mol. The second-order valence-electron chi connectivity index (χ2n) is 9.90. The van der Waals surface area contributed by atoms with Gasteiger partial charge in [0.15, 0.2) is 17.6 Å². The van der Waals surface area contributed by atoms with E-state index >= 15 is 0 Å². The Bertz CT molecular complexity index is 1600. The molecular formula is C29H28F3N7O4S. The maximum Gasteiger partial charge on any atom is 0.573 e. The Morgan fingerprint density at radius 1 is 1.18 bits per heavy atom. The zero-order valence-electron chi connectivity index (χ0n) is 23.7. The molecule has 3 heterocycles. The van der Waals surface area contributed by atoms with Gasteiger partial charge in [-0.05, 0) is 56.2 Å². The molecule has 1 aromatic carbocycles. The Balaban J connectivity index is 1.16. The van der Waals surface area contributed by atoms with Gasteiger partial charge in [-0.2, -0.15) is 4.99 Å². The summed E-state index contributed by atoms with van der Waals surface area (Å²) in [5, 5.41) is 7.26. The fourth-order valence-corrected chi connectivity index (χ4v) is 5.49. The number of amides is 3. The molecule has 2 aromatic heterocycles. The summed E-state index contributed by atoms with van der Waals surface area (Å²) >= 11 is 1.23. The van der Waals surface area contributed by atoms with Crippen molar-refractivity contribution in [3.05, 3.63) is 78.2 Å². The molecule has 44 heavy (non-hydrogen) atoms. The number of aromatic nitrogens is 4. The number of aliphatic imine (C=N–C) groups is 1. The van der Waals surface area contributed by atoms with Gasteiger partial charge in [0.25, 0.3) is 0 Å². The number of hydrogen-bond acceptors (Lipinski definition) is 8. The van der Waals surface area contributed by atoms with Gasteiger partial charge >= 0.3 is 12.4 Å². The topological polar surface area (TPSA) is 124 Å². The van der Waals surface area contributed by atoms with Crippen LogP contribution < -0.4 is 14.8 Å². The van der Waals surface area contributed by atoms with E-state index in [-0.39, 0.29) is 35.8 Å². The van der Waals surface area contributed by atoms with Crippen LogP contribution in [0.5, 0.6) is 11.6 Å². The average Bonchev–Trinajstić information content (AvgIpc) is 3.60. The first kappa shape index (κ1) is 30.8. The van der Waals surface area contributed by atoms with Crippen LogP contribution in [0.15, 0.2) is 77.3 Å². The van der Waals surface area contributed by atoms with Crippen molar-refractivity contribution in [2.75, 3.05) is 11.1 Å². The molecule has 0 bridgehead atoms. The molecule has 1 unspecified atom stereocenters. The number of benzene rings is 1. The van der Waals surface area contributed by atoms with Gasteiger partial charge in [0.1, 0.15) is 12.1 Å². The van der Waals surface area contributed by atoms with Gasteiger partial charge in [0.2, 0.25) is 11.8 Å². The van der Waals surface area contributed by atoms with Crippen LogP contribution in [0.1, 0.15) is 38.9 Å². The number of urea groups is 1. The van der Waals surface area contributed by atoms with Crippen LogP contribution >= 0.6 is 11.8 Å². The molecular weight excluding hydrogens is 599 g/mol. The molecule has 0 spiro atoms. The molecule has 3 aromatic rings. The zero-order chi connectivity index (χ0) is 31.3. The SMILES string of the molecule is CCCC1CC=C(C)C=C1N1C(=O)CSC1=NC(=O)Nc1ccc(OCc2ncn(-c3ccc(OC(F)(F)F)cc3)n2)nc1. The van der Waals surface area contributed by atoms with E-state index in [2.05, 4.69) is 43.1 Å². The van der Waals surface area contributed by atoms with Gasteiger partial charge in [-0.3, -0.25) is 9.69 Å². The number of ether oxygens (including phenoxy) is 2. The fourth-order valence-electron chi connectivity index (χ4n) is 4.62. The maximum atomic E-state index is 12.8. The number of amidine groups is 1. The lowest BCUT2D eigenvalue weighted by atomic mass is 9.89. The van der Waals surface area contributed by atoms with E-state index in [0.29, 0.717) is 22.4 Å². The van der Waals surface area contributed by atoms with Gasteiger partial charge in [-0.15, -0.1) is 18.3 Å². The number of anilines is 1. The van der Waals surface area contributed by atoms with Crippen LogP contribution in [-0.4, -0.2) is 53.9 Å². The third kappa shape index (κ3) is 7.83. The highest BCUT2D eigenvalue weighted by Gasteiger charge is 2.35. The maximum absolute atomic E-state index is 12.8. The molecule has 1 fully saturated rings. The number of thioether (sulfide) groups is 1. The number of carbonyl (C=O) groups is 2. The fraction of sp³-hybridized carbons (Fsp3) is 0.310. The van der Waals surface area contributed by atoms with Crippen LogP contribution in [0.3, 0.4) is 0 Å². The van der Waals surface area contributed by atoms with Crippen molar-refractivity contribution in [2.45, 2.75) is 46.1 Å². The molecule has 2 aliphatic rings. The van der Waals surface area contributed by atoms with Gasteiger partial charge in [0.05, 0.1) is 23.3 Å². The lowest BCUT2D eigenvalue weighted by molar-refractivity contribution is -0.274. The van der Waals surface area contributed by atoms with Crippen LogP contribution in [-0.2, 0) is 11.4 Å². The number of halogens is 3. The largest absolute Gasteiger partial charge is 0.573 e. The molecule has 11 nitrogen and oxygen atoms in total. The number of rotatable bonds is 9. The number of allylic oxidation sites excluding steroid dienone is 4. The molecule has 3 amide bonds. The van der Waals surface area contributed by atoms with Gasteiger partial charge < -0.3 is 14.8 Å². The number of carbonyl (C=O) groups excluding carboxylic acids is 2. The van der Waals surface area contributed by atoms with Crippen LogP contribution in [0, 0.1) is 5.92 Å². The minimum atomic E-state index is -4.77. The lowest BCUT2D eigenvalue weighted by Gasteiger charge is -2.29. The van der Waals surface area contributed by atoms with Crippen molar-refractivity contribution in [1.82, 2.24) is 24.6 Å². The summed E-state index contributed by atoms with van der Waals surface area (Å²) in [6.07, 6.45) is 4.94. The van der Waals surface area contributed by atoms with Crippen LogP contribution in [0.4, 0.5) is 23.7 Å². The highest BCUT2D eigenvalue weighted by molar-refractivity contribution is 8.15. The minimum Gasteiger partial charge on any atom is -0.469 e. The first-order chi connectivity index (χ1) is 21.1. The van der Waals surface area contributed by atoms with E-state index in [4.69, 9.17) is 4.74 Å². The highest BCUT2D eigenvalue weighted by Crippen LogP contribution is 2.35. The molecule has 5 rings (SSSR count). The summed E-state index contributed by atoms with van der Waals surface area (Å²) in [5.41, 5.74) is 2.81. The third-order valence-corrected chi connectivity index (χ3v) is 7.51. The molecule has 0 radical (unpaired) electrons. The molecule has 0 saturated carbocycles. The molecule has 1 atom stereocenters. The van der Waals surface area contributed by atoms with E-state index in [0.717, 1.165) is 30.5 Å². The Hall–Kier alpha value is -4.66. The molecule has 1 saturated heterocycles. The second kappa shape index (κ2) is 13.3. The van der Waals surface area contributed by atoms with Crippen molar-refractivity contribution in [2.24, 2.45) is 10.9 Å². The summed E-state index contributed by atoms with van der Waals surface area (Å²) in [6, 6.07) is 7.69. The van der Waals surface area contributed by atoms with Crippen molar-refractivity contribution < 1.29 is 32.2 Å². The van der Waals surface area contributed by atoms with E-state index < -0.39 is 12.4 Å². The quantitative estimate of drug-likeness (QED) is 0.295. The summed E-state index contributed by atoms with van der Waals surface area (Å²) < 4.78 is 48.0. The Morgan fingerprint density at radius 2 is 1.98 bits per heavy atom. The average molecular weight is 628 g/mol. The molecule has 1 aliphatic carbocycles. The minimum absolute atomic E-state index is 0.0285. The number of nitrogens with zero attached hydrogens (tertiary/aromatic N) is 6. The number of alkyl halides is 3. The summed E-state index contributed by atoms with van der Waals surface area (Å²) in [6.45, 7) is 4.07. The Labute approximate surface area is 254 Å². The molecule has 230 valence electrons. The summed E-state index contributed by atoms with van der Waals surface area (Å²) in [4.78, 5) is 39.6. The smallest absolute Gasteiger partial charge is 0.469 e. The lowest BCUT2D eigenvalue weighted by Crippen LogP contribution is -2.34. The molecule has 1 aliphatic heterocycles. The molecule has 15 heteroatoms. The summed E-state index contributed by atoms with van der Waals surface area (Å²) in [7, 11) is 0. The normalized spacial score (nSPS) is 17.8. The molecule has 1 N–H and O–H groups in total. The van der Waals surface area contributed by atoms with Gasteiger partial charge in [-0.1, -0.05) is 36.8 Å². The van der Waals surface area contributed by atoms with Gasteiger partial charge in [0, 0.05) is 17.7 Å². The summed E-state index contributed by atoms with van der Waals surface area (Å²) in [5.74, 6) is 0.520. The van der Waals surface area contributed by atoms with Crippen molar-refractivity contribution in [3.63, 3.8) is 0 Å². The van der Waals surface area contributed by atoms with E-state index in [1.54, 1.807) is 17.0 Å². The van der Waals surface area contributed by atoms with Crippen LogP contribution in [0.25, 0.3) is 5.69 Å². The van der Waals surface area contributed by atoms with E-state index in [1.807, 2.05) is 13.0 Å². The number of pyridine rings is 1. The predicted octanol–water partition coefficient (Wildman–Crippen LogP) is 6.25. The number of hydrogen-bond donors (Lipinski definition) is 1. The highest BCUT2D eigenvalue weighted by atomic mass is 32.2.